The molecule has 6 heteroatoms. The summed E-state index contributed by atoms with van der Waals surface area (Å²) in [6, 6.07) is 16.2. The van der Waals surface area contributed by atoms with Crippen LogP contribution in [-0.2, 0) is 6.17 Å². The first kappa shape index (κ1) is 15.3. The van der Waals surface area contributed by atoms with E-state index in [4.69, 9.17) is 23.2 Å². The standard InChI is InChI=1S/C16H15Cl2N3Si/c1-22(12-21-11-19-10-20-21,14-5-3-2-4-6-14)16-8-7-13(17)9-15(16)18/h2-11H,12H2,1H3. The molecule has 3 nitrogen and oxygen atoms in total. The molecule has 0 radical (unpaired) electrons. The smallest absolute Gasteiger partial charge is 0.139 e. The first-order valence-corrected chi connectivity index (χ1v) is 10.4. The molecule has 0 saturated carbocycles. The molecule has 112 valence electrons. The van der Waals surface area contributed by atoms with Crippen molar-refractivity contribution in [3.05, 3.63) is 71.2 Å². The average molecular weight is 348 g/mol. The molecule has 3 aromatic rings. The summed E-state index contributed by atoms with van der Waals surface area (Å²) >= 11 is 12.6. The van der Waals surface area contributed by atoms with Crippen molar-refractivity contribution in [2.45, 2.75) is 12.7 Å². The maximum Gasteiger partial charge on any atom is 0.139 e. The predicted octanol–water partition coefficient (Wildman–Crippen LogP) is 3.02. The number of hydrogen-bond acceptors (Lipinski definition) is 2. The lowest BCUT2D eigenvalue weighted by molar-refractivity contribution is 0.727. The molecule has 0 N–H and O–H groups in total. The van der Waals surface area contributed by atoms with Gasteiger partial charge in [0.05, 0.1) is 0 Å². The SMILES string of the molecule is C[Si](Cn1cncn1)(c1ccccc1)c1ccc(Cl)cc1Cl. The molecule has 1 aromatic heterocycles. The normalized spacial score (nSPS) is 13.8. The second-order valence-corrected chi connectivity index (χ2v) is 10.4. The molecule has 1 heterocycles. The molecule has 22 heavy (non-hydrogen) atoms. The molecule has 0 saturated heterocycles. The fraction of sp³-hybridized carbons (Fsp3) is 0.125. The lowest BCUT2D eigenvalue weighted by Gasteiger charge is -2.29. The zero-order valence-corrected chi connectivity index (χ0v) is 14.6. The van der Waals surface area contributed by atoms with E-state index in [0.717, 1.165) is 11.4 Å². The molecule has 0 aliphatic carbocycles. The Morgan fingerprint density at radius 3 is 2.50 bits per heavy atom. The molecule has 0 spiro atoms. The largest absolute Gasteiger partial charge is 0.255 e. The minimum absolute atomic E-state index is 0.652. The van der Waals surface area contributed by atoms with Crippen LogP contribution in [0.5, 0.6) is 0 Å². The van der Waals surface area contributed by atoms with Crippen molar-refractivity contribution in [2.75, 3.05) is 0 Å². The third kappa shape index (κ3) is 2.95. The van der Waals surface area contributed by atoms with Gasteiger partial charge in [-0.15, -0.1) is 0 Å². The van der Waals surface area contributed by atoms with Crippen molar-refractivity contribution in [1.29, 1.82) is 0 Å². The summed E-state index contributed by atoms with van der Waals surface area (Å²) in [7, 11) is -2.10. The van der Waals surface area contributed by atoms with Crippen LogP contribution >= 0.6 is 23.2 Å². The molecule has 2 aromatic carbocycles. The van der Waals surface area contributed by atoms with Crippen LogP contribution in [0.15, 0.2) is 61.2 Å². The van der Waals surface area contributed by atoms with E-state index in [2.05, 4.69) is 40.9 Å². The Kier molecular flexibility index (Phi) is 4.34. The number of halogens is 2. The van der Waals surface area contributed by atoms with Gasteiger partial charge in [0.15, 0.2) is 0 Å². The highest BCUT2D eigenvalue weighted by Gasteiger charge is 2.34. The monoisotopic (exact) mass is 347 g/mol. The van der Waals surface area contributed by atoms with Crippen molar-refractivity contribution in [1.82, 2.24) is 14.8 Å². The van der Waals surface area contributed by atoms with E-state index in [-0.39, 0.29) is 0 Å². The third-order valence-electron chi connectivity index (χ3n) is 3.88. The second-order valence-electron chi connectivity index (χ2n) is 5.42. The van der Waals surface area contributed by atoms with Crippen molar-refractivity contribution in [2.24, 2.45) is 0 Å². The van der Waals surface area contributed by atoms with E-state index in [1.54, 1.807) is 12.7 Å². The molecular weight excluding hydrogens is 333 g/mol. The van der Waals surface area contributed by atoms with Crippen LogP contribution in [0.2, 0.25) is 16.6 Å². The summed E-state index contributed by atoms with van der Waals surface area (Å²) in [4.78, 5) is 4.05. The lowest BCUT2D eigenvalue weighted by Crippen LogP contribution is -2.59. The summed E-state index contributed by atoms with van der Waals surface area (Å²) in [6.45, 7) is 2.29. The molecule has 3 rings (SSSR count). The zero-order chi connectivity index (χ0) is 15.6. The number of hydrogen-bond donors (Lipinski definition) is 0. The molecule has 0 bridgehead atoms. The van der Waals surface area contributed by atoms with Gasteiger partial charge in [-0.05, 0) is 17.3 Å². The number of aromatic nitrogens is 3. The maximum absolute atomic E-state index is 6.51. The molecule has 1 atom stereocenters. The van der Waals surface area contributed by atoms with Gasteiger partial charge in [-0.25, -0.2) is 4.98 Å². The highest BCUT2D eigenvalue weighted by Crippen LogP contribution is 2.19. The fourth-order valence-corrected chi connectivity index (χ4v) is 7.20. The Balaban J connectivity index is 2.14. The van der Waals surface area contributed by atoms with E-state index >= 15 is 0 Å². The first-order chi connectivity index (χ1) is 10.6. The average Bonchev–Trinajstić information content (AvgIpc) is 3.00. The van der Waals surface area contributed by atoms with Gasteiger partial charge < -0.3 is 0 Å². The fourth-order valence-electron chi connectivity index (χ4n) is 2.71. The van der Waals surface area contributed by atoms with E-state index in [9.17, 15) is 0 Å². The summed E-state index contributed by atoms with van der Waals surface area (Å²) in [5, 5.41) is 8.09. The van der Waals surface area contributed by atoms with E-state index < -0.39 is 8.07 Å². The molecule has 0 fully saturated rings. The van der Waals surface area contributed by atoms with Gasteiger partial charge in [0.2, 0.25) is 0 Å². The minimum atomic E-state index is -2.10. The maximum atomic E-state index is 6.51. The Morgan fingerprint density at radius 1 is 1.09 bits per heavy atom. The van der Waals surface area contributed by atoms with Gasteiger partial charge >= 0.3 is 0 Å². The van der Waals surface area contributed by atoms with Gasteiger partial charge in [-0.2, -0.15) is 5.10 Å². The Bertz CT molecular complexity index is 762. The topological polar surface area (TPSA) is 30.7 Å². The van der Waals surface area contributed by atoms with Gasteiger partial charge in [0.1, 0.15) is 20.7 Å². The number of rotatable bonds is 4. The van der Waals surface area contributed by atoms with Crippen LogP contribution < -0.4 is 10.4 Å². The first-order valence-electron chi connectivity index (χ1n) is 6.93. The Morgan fingerprint density at radius 2 is 1.86 bits per heavy atom. The molecule has 0 amide bonds. The van der Waals surface area contributed by atoms with Crippen molar-refractivity contribution in [3.8, 4) is 0 Å². The van der Waals surface area contributed by atoms with Crippen molar-refractivity contribution < 1.29 is 0 Å². The number of benzene rings is 2. The van der Waals surface area contributed by atoms with Crippen LogP contribution in [-0.4, -0.2) is 22.8 Å². The van der Waals surface area contributed by atoms with Crippen LogP contribution in [0.1, 0.15) is 0 Å². The van der Waals surface area contributed by atoms with E-state index in [1.807, 2.05) is 28.9 Å². The van der Waals surface area contributed by atoms with Crippen LogP contribution in [0.25, 0.3) is 0 Å². The summed E-state index contributed by atoms with van der Waals surface area (Å²) in [6.07, 6.45) is 4.08. The van der Waals surface area contributed by atoms with Crippen molar-refractivity contribution >= 4 is 41.6 Å². The van der Waals surface area contributed by atoms with Gasteiger partial charge in [-0.3, -0.25) is 4.68 Å². The highest BCUT2D eigenvalue weighted by atomic mass is 35.5. The quantitative estimate of drug-likeness (QED) is 0.679. The summed E-state index contributed by atoms with van der Waals surface area (Å²) < 4.78 is 1.88. The Hall–Kier alpha value is -1.62. The van der Waals surface area contributed by atoms with Crippen LogP contribution in [0, 0.1) is 0 Å². The van der Waals surface area contributed by atoms with Gasteiger partial charge in [-0.1, -0.05) is 71.3 Å². The predicted molar refractivity (Wildman–Crippen MR) is 93.8 cm³/mol. The number of nitrogens with zero attached hydrogens (tertiary/aromatic N) is 3. The zero-order valence-electron chi connectivity index (χ0n) is 12.1. The summed E-state index contributed by atoms with van der Waals surface area (Å²) in [5.41, 5.74) is 0. The van der Waals surface area contributed by atoms with Gasteiger partial charge in [0.25, 0.3) is 0 Å². The molecule has 0 aliphatic heterocycles. The third-order valence-corrected chi connectivity index (χ3v) is 8.78. The minimum Gasteiger partial charge on any atom is -0.255 e. The summed E-state index contributed by atoms with van der Waals surface area (Å²) in [5.74, 6) is 0. The molecular formula is C16H15Cl2N3Si. The van der Waals surface area contributed by atoms with Crippen LogP contribution in [0.4, 0.5) is 0 Å². The van der Waals surface area contributed by atoms with E-state index in [0.29, 0.717) is 10.0 Å². The highest BCUT2D eigenvalue weighted by molar-refractivity contribution is 7.01. The molecule has 0 aliphatic rings. The Labute approximate surface area is 140 Å². The van der Waals surface area contributed by atoms with Gasteiger partial charge in [0, 0.05) is 16.2 Å². The van der Waals surface area contributed by atoms with Crippen molar-refractivity contribution in [3.63, 3.8) is 0 Å². The van der Waals surface area contributed by atoms with Crippen LogP contribution in [0.3, 0.4) is 0 Å². The second kappa shape index (κ2) is 6.24. The lowest BCUT2D eigenvalue weighted by atomic mass is 10.3. The van der Waals surface area contributed by atoms with E-state index in [1.165, 1.54) is 5.19 Å². The molecule has 1 unspecified atom stereocenters.